The molecule has 0 spiro atoms. The number of alkyl halides is 3. The number of benzene rings is 1. The summed E-state index contributed by atoms with van der Waals surface area (Å²) in [5, 5.41) is 18.7. The number of aromatic nitrogens is 2. The topological polar surface area (TPSA) is 118 Å². The number of azo groups is 1. The third-order valence-corrected chi connectivity index (χ3v) is 6.58. The summed E-state index contributed by atoms with van der Waals surface area (Å²) in [4.78, 5) is 12.0. The number of unbranched alkanes of at least 4 members (excludes halogenated alkanes) is 2. The number of carbonyl (C=O) groups is 1. The van der Waals surface area contributed by atoms with Gasteiger partial charge >= 0.3 is 11.5 Å². The number of ether oxygens (including phenoxy) is 1. The van der Waals surface area contributed by atoms with Crippen LogP contribution in [-0.2, 0) is 28.6 Å². The van der Waals surface area contributed by atoms with Crippen molar-refractivity contribution >= 4 is 44.8 Å². The van der Waals surface area contributed by atoms with Crippen LogP contribution in [0.1, 0.15) is 66.9 Å². The number of halogens is 3. The van der Waals surface area contributed by atoms with Gasteiger partial charge in [-0.05, 0) is 69.0 Å². The van der Waals surface area contributed by atoms with Crippen molar-refractivity contribution in [2.75, 3.05) is 24.9 Å². The van der Waals surface area contributed by atoms with E-state index in [0.29, 0.717) is 12.8 Å². The minimum atomic E-state index is -4.95. The van der Waals surface area contributed by atoms with Crippen molar-refractivity contribution in [3.05, 3.63) is 28.3 Å². The number of nitrogens with zero attached hydrogens (tertiary/aromatic N) is 4. The van der Waals surface area contributed by atoms with Gasteiger partial charge in [-0.25, -0.2) is 9.00 Å². The van der Waals surface area contributed by atoms with E-state index in [2.05, 4.69) is 25.7 Å². The van der Waals surface area contributed by atoms with Gasteiger partial charge in [0.1, 0.15) is 5.69 Å². The van der Waals surface area contributed by atoms with E-state index < -0.39 is 22.5 Å². The Morgan fingerprint density at radius 3 is 2.44 bits per heavy atom. The summed E-state index contributed by atoms with van der Waals surface area (Å²) < 4.78 is 57.9. The predicted octanol–water partition coefficient (Wildman–Crippen LogP) is 6.00. The number of anilines is 1. The zero-order chi connectivity index (χ0) is 26.6. The van der Waals surface area contributed by atoms with Crippen LogP contribution in [0.4, 0.5) is 29.7 Å². The molecule has 1 aromatic heterocycles. The van der Waals surface area contributed by atoms with Crippen LogP contribution in [0.15, 0.2) is 22.4 Å². The maximum atomic E-state index is 13.0. The standard InChI is InChI=1S/C22H31F3N6O3S2/c1-4-6-9-15-14-18(31-36(33)22(23,24)25)17(13-16(15)10-8-11-26-3)27-29-21-30-28-19(35-21)20(32)34-12-7-5-2/h13-14,26,31H,4-12H2,1-3H3. The van der Waals surface area contributed by atoms with E-state index in [-0.39, 0.29) is 28.1 Å². The molecule has 0 aliphatic rings. The third kappa shape index (κ3) is 9.54. The molecule has 2 rings (SSSR count). The fourth-order valence-corrected chi connectivity index (χ4v) is 4.13. The second-order valence-corrected chi connectivity index (χ2v) is 10.0. The number of hydrogen-bond donors (Lipinski definition) is 2. The first-order valence-corrected chi connectivity index (χ1v) is 13.6. The molecule has 0 bridgehead atoms. The number of carbonyl (C=O) groups excluding carboxylic acids is 1. The molecule has 14 heteroatoms. The molecule has 0 fully saturated rings. The molecular formula is C22H31F3N6O3S2. The van der Waals surface area contributed by atoms with Crippen LogP contribution in [0.5, 0.6) is 0 Å². The van der Waals surface area contributed by atoms with Gasteiger partial charge in [0.25, 0.3) is 5.13 Å². The van der Waals surface area contributed by atoms with Gasteiger partial charge in [0.2, 0.25) is 16.0 Å². The quantitative estimate of drug-likeness (QED) is 0.160. The highest BCUT2D eigenvalue weighted by Gasteiger charge is 2.38. The fraction of sp³-hybridized carbons (Fsp3) is 0.591. The van der Waals surface area contributed by atoms with Gasteiger partial charge in [0, 0.05) is 0 Å². The minimum Gasteiger partial charge on any atom is -0.460 e. The largest absolute Gasteiger partial charge is 0.490 e. The van der Waals surface area contributed by atoms with Gasteiger partial charge in [-0.15, -0.1) is 20.4 Å². The monoisotopic (exact) mass is 548 g/mol. The molecule has 0 amide bonds. The van der Waals surface area contributed by atoms with Gasteiger partial charge in [-0.3, -0.25) is 4.72 Å². The summed E-state index contributed by atoms with van der Waals surface area (Å²) in [5.41, 5.74) is -3.14. The van der Waals surface area contributed by atoms with Crippen molar-refractivity contribution in [1.82, 2.24) is 15.5 Å². The van der Waals surface area contributed by atoms with Crippen LogP contribution in [0.2, 0.25) is 0 Å². The van der Waals surface area contributed by atoms with Crippen molar-refractivity contribution in [2.45, 2.75) is 64.3 Å². The highest BCUT2D eigenvalue weighted by molar-refractivity contribution is 7.87. The molecule has 9 nitrogen and oxygen atoms in total. The lowest BCUT2D eigenvalue weighted by Gasteiger charge is -2.16. The second kappa shape index (κ2) is 15.0. The van der Waals surface area contributed by atoms with E-state index in [1.165, 1.54) is 0 Å². The maximum absolute atomic E-state index is 13.0. The molecule has 2 aromatic rings. The van der Waals surface area contributed by atoms with Crippen LogP contribution >= 0.6 is 11.3 Å². The Kier molecular flexibility index (Phi) is 12.4. The van der Waals surface area contributed by atoms with E-state index in [1.54, 1.807) is 12.1 Å². The Balaban J connectivity index is 2.37. The Hall–Kier alpha value is -2.45. The van der Waals surface area contributed by atoms with E-state index in [9.17, 15) is 22.2 Å². The SMILES string of the molecule is CCCCOC(=O)c1nnc(N=Nc2cc(CCCNC)c(CCCC)cc2NS(=O)C(F)(F)F)s1. The molecule has 0 radical (unpaired) electrons. The highest BCUT2D eigenvalue weighted by Crippen LogP contribution is 2.34. The van der Waals surface area contributed by atoms with Crippen molar-refractivity contribution in [3.8, 4) is 0 Å². The zero-order valence-corrected chi connectivity index (χ0v) is 22.1. The number of esters is 1. The average Bonchev–Trinajstić information content (AvgIpc) is 3.31. The number of nitrogens with one attached hydrogen (secondary N) is 2. The van der Waals surface area contributed by atoms with Gasteiger partial charge in [-0.2, -0.15) is 13.2 Å². The lowest BCUT2D eigenvalue weighted by molar-refractivity contribution is -0.0379. The molecule has 1 aromatic carbocycles. The Morgan fingerprint density at radius 2 is 1.78 bits per heavy atom. The molecule has 200 valence electrons. The van der Waals surface area contributed by atoms with Crippen molar-refractivity contribution < 1.29 is 26.9 Å². The van der Waals surface area contributed by atoms with Crippen LogP contribution < -0.4 is 10.0 Å². The molecule has 0 saturated carbocycles. The molecule has 2 N–H and O–H groups in total. The van der Waals surface area contributed by atoms with Gasteiger partial charge in [0.15, 0.2) is 0 Å². The number of rotatable bonds is 15. The van der Waals surface area contributed by atoms with Crippen LogP contribution in [0.25, 0.3) is 0 Å². The normalized spacial score (nSPS) is 12.7. The lowest BCUT2D eigenvalue weighted by atomic mass is 9.97. The Labute approximate surface area is 214 Å². The number of hydrogen-bond acceptors (Lipinski definition) is 9. The van der Waals surface area contributed by atoms with E-state index in [1.807, 2.05) is 25.6 Å². The Morgan fingerprint density at radius 1 is 1.08 bits per heavy atom. The van der Waals surface area contributed by atoms with Crippen LogP contribution in [0, 0.1) is 0 Å². The lowest BCUT2D eigenvalue weighted by Crippen LogP contribution is -2.23. The minimum absolute atomic E-state index is 0.000699. The predicted molar refractivity (Wildman–Crippen MR) is 134 cm³/mol. The molecular weight excluding hydrogens is 517 g/mol. The molecule has 1 heterocycles. The first kappa shape index (κ1) is 29.8. The summed E-state index contributed by atoms with van der Waals surface area (Å²) >= 11 is 0.852. The molecule has 36 heavy (non-hydrogen) atoms. The first-order chi connectivity index (χ1) is 17.2. The molecule has 1 unspecified atom stereocenters. The maximum Gasteiger partial charge on any atom is 0.490 e. The summed E-state index contributed by atoms with van der Waals surface area (Å²) in [5.74, 6) is -0.627. The summed E-state index contributed by atoms with van der Waals surface area (Å²) in [6.07, 6.45) is 5.50. The van der Waals surface area contributed by atoms with E-state index >= 15 is 0 Å². The molecule has 0 saturated heterocycles. The van der Waals surface area contributed by atoms with Crippen molar-refractivity contribution in [2.24, 2.45) is 10.2 Å². The first-order valence-electron chi connectivity index (χ1n) is 11.7. The zero-order valence-electron chi connectivity index (χ0n) is 20.5. The third-order valence-electron chi connectivity index (χ3n) is 4.97. The van der Waals surface area contributed by atoms with Gasteiger partial charge < -0.3 is 10.1 Å². The molecule has 1 atom stereocenters. The molecule has 0 aliphatic heterocycles. The van der Waals surface area contributed by atoms with E-state index in [4.69, 9.17) is 4.74 Å². The van der Waals surface area contributed by atoms with Crippen molar-refractivity contribution in [1.29, 1.82) is 0 Å². The highest BCUT2D eigenvalue weighted by atomic mass is 32.2. The number of aryl methyl sites for hydroxylation is 2. The fourth-order valence-electron chi connectivity index (χ4n) is 3.09. The van der Waals surface area contributed by atoms with Crippen LogP contribution in [0.3, 0.4) is 0 Å². The van der Waals surface area contributed by atoms with E-state index in [0.717, 1.165) is 61.1 Å². The molecule has 0 aliphatic carbocycles. The Bertz CT molecular complexity index is 1050. The smallest absolute Gasteiger partial charge is 0.460 e. The van der Waals surface area contributed by atoms with Gasteiger partial charge in [-0.1, -0.05) is 38.0 Å². The summed E-state index contributed by atoms with van der Waals surface area (Å²) in [6.45, 7) is 5.02. The van der Waals surface area contributed by atoms with Gasteiger partial charge in [0.05, 0.1) is 12.3 Å². The average molecular weight is 549 g/mol. The summed E-state index contributed by atoms with van der Waals surface area (Å²) in [7, 11) is -1.49. The van der Waals surface area contributed by atoms with Crippen LogP contribution in [-0.4, -0.2) is 46.1 Å². The van der Waals surface area contributed by atoms with Crippen molar-refractivity contribution in [3.63, 3.8) is 0 Å². The second-order valence-electron chi connectivity index (χ2n) is 7.84. The summed E-state index contributed by atoms with van der Waals surface area (Å²) in [6, 6.07) is 3.21.